The van der Waals surface area contributed by atoms with E-state index in [2.05, 4.69) is 38.0 Å². The molecule has 1 saturated heterocycles. The number of nitrogens with two attached hydrogens (primary N) is 1. The van der Waals surface area contributed by atoms with Crippen LogP contribution in [0.15, 0.2) is 53.4 Å². The largest absolute Gasteiger partial charge is 0.382 e. The number of nitrogen functional groups attached to an aromatic ring is 1. The summed E-state index contributed by atoms with van der Waals surface area (Å²) in [4.78, 5) is 24.2. The lowest BCUT2D eigenvalue weighted by Gasteiger charge is -2.38. The van der Waals surface area contributed by atoms with E-state index in [4.69, 9.17) is 10.5 Å². The summed E-state index contributed by atoms with van der Waals surface area (Å²) in [5, 5.41) is 0. The molecule has 2 aromatic heterocycles. The Morgan fingerprint density at radius 2 is 2.10 bits per heavy atom. The second kappa shape index (κ2) is 6.52. The van der Waals surface area contributed by atoms with E-state index >= 15 is 0 Å². The number of carbonyl (C=O) groups is 1. The van der Waals surface area contributed by atoms with Gasteiger partial charge in [-0.05, 0) is 41.5 Å². The second-order valence-corrected chi connectivity index (χ2v) is 8.66. The fraction of sp³-hybridized carbons (Fsp3) is 0.227. The van der Waals surface area contributed by atoms with E-state index in [1.54, 1.807) is 12.5 Å². The number of carbonyl (C=O) groups excluding carboxylic acids is 1. The first-order chi connectivity index (χ1) is 14.6. The molecule has 0 radical (unpaired) electrons. The third-order valence-electron chi connectivity index (χ3n) is 6.08. The lowest BCUT2D eigenvalue weighted by Crippen LogP contribution is -2.46. The molecule has 0 spiro atoms. The first kappa shape index (κ1) is 17.9. The standard InChI is InChI=1S/C22H18BrN5O2/c23-14-2-3-15-13(7-14)9-19-20(15)27(5-6-30-19)22(29)12-1-4-16-17(8-12)28-11-25-10-18(28)21(24)26-16/h1-4,7-8,10-11,19-20H,5-6,9H2,(H2,24,26)/t19?,20-/m0/s1. The Kier molecular flexibility index (Phi) is 3.88. The van der Waals surface area contributed by atoms with E-state index in [9.17, 15) is 4.79 Å². The maximum Gasteiger partial charge on any atom is 0.254 e. The summed E-state index contributed by atoms with van der Waals surface area (Å²) in [6, 6.07) is 11.7. The molecule has 1 aliphatic carbocycles. The summed E-state index contributed by atoms with van der Waals surface area (Å²) in [5.74, 6) is 0.417. The molecule has 2 aromatic carbocycles. The Hall–Kier alpha value is -2.97. The van der Waals surface area contributed by atoms with Crippen molar-refractivity contribution in [1.82, 2.24) is 19.3 Å². The number of halogens is 1. The summed E-state index contributed by atoms with van der Waals surface area (Å²) in [6.45, 7) is 1.10. The van der Waals surface area contributed by atoms with Crippen molar-refractivity contribution in [2.75, 3.05) is 18.9 Å². The molecule has 150 valence electrons. The molecule has 1 amide bonds. The number of aromatic nitrogens is 3. The number of nitrogens with zero attached hydrogens (tertiary/aromatic N) is 4. The number of ether oxygens (including phenoxy) is 1. The Bertz CT molecular complexity index is 1330. The van der Waals surface area contributed by atoms with Gasteiger partial charge in [-0.1, -0.05) is 22.0 Å². The van der Waals surface area contributed by atoms with E-state index in [1.807, 2.05) is 33.6 Å². The number of hydrogen-bond acceptors (Lipinski definition) is 5. The zero-order valence-electron chi connectivity index (χ0n) is 16.0. The van der Waals surface area contributed by atoms with Crippen molar-refractivity contribution in [2.24, 2.45) is 0 Å². The lowest BCUT2D eigenvalue weighted by atomic mass is 10.0. The minimum Gasteiger partial charge on any atom is -0.382 e. The van der Waals surface area contributed by atoms with Gasteiger partial charge in [0.05, 0.1) is 42.3 Å². The molecule has 1 aliphatic heterocycles. The Labute approximate surface area is 180 Å². The second-order valence-electron chi connectivity index (χ2n) is 7.75. The molecule has 6 rings (SSSR count). The van der Waals surface area contributed by atoms with Gasteiger partial charge in [0.1, 0.15) is 11.3 Å². The van der Waals surface area contributed by atoms with Crippen molar-refractivity contribution in [1.29, 1.82) is 0 Å². The number of fused-ring (bicyclic) bond motifs is 6. The van der Waals surface area contributed by atoms with Crippen LogP contribution >= 0.6 is 15.9 Å². The van der Waals surface area contributed by atoms with Crippen molar-refractivity contribution in [3.63, 3.8) is 0 Å². The van der Waals surface area contributed by atoms with Crippen LogP contribution in [0.2, 0.25) is 0 Å². The highest BCUT2D eigenvalue weighted by atomic mass is 79.9. The molecule has 0 bridgehead atoms. The molecule has 1 fully saturated rings. The van der Waals surface area contributed by atoms with Gasteiger partial charge in [-0.3, -0.25) is 9.20 Å². The molecule has 2 aliphatic rings. The zero-order chi connectivity index (χ0) is 20.4. The van der Waals surface area contributed by atoms with Gasteiger partial charge < -0.3 is 15.4 Å². The van der Waals surface area contributed by atoms with Crippen LogP contribution in [-0.2, 0) is 11.2 Å². The molecule has 7 nitrogen and oxygen atoms in total. The van der Waals surface area contributed by atoms with Crippen LogP contribution in [0.1, 0.15) is 27.5 Å². The number of anilines is 1. The highest BCUT2D eigenvalue weighted by Crippen LogP contribution is 2.41. The van der Waals surface area contributed by atoms with Crippen LogP contribution in [0.3, 0.4) is 0 Å². The van der Waals surface area contributed by atoms with Gasteiger partial charge in [-0.15, -0.1) is 0 Å². The quantitative estimate of drug-likeness (QED) is 0.467. The van der Waals surface area contributed by atoms with Gasteiger partial charge >= 0.3 is 0 Å². The maximum atomic E-state index is 13.6. The molecule has 2 atom stereocenters. The van der Waals surface area contributed by atoms with E-state index < -0.39 is 0 Å². The van der Waals surface area contributed by atoms with Crippen molar-refractivity contribution < 1.29 is 9.53 Å². The van der Waals surface area contributed by atoms with E-state index in [1.165, 1.54) is 11.1 Å². The van der Waals surface area contributed by atoms with Gasteiger partial charge in [0.15, 0.2) is 0 Å². The van der Waals surface area contributed by atoms with Crippen LogP contribution < -0.4 is 5.73 Å². The van der Waals surface area contributed by atoms with Crippen molar-refractivity contribution in [3.8, 4) is 0 Å². The summed E-state index contributed by atoms with van der Waals surface area (Å²) < 4.78 is 8.94. The third-order valence-corrected chi connectivity index (χ3v) is 6.57. The predicted octanol–water partition coefficient (Wildman–Crippen LogP) is 3.37. The van der Waals surface area contributed by atoms with Crippen molar-refractivity contribution in [3.05, 3.63) is 70.1 Å². The first-order valence-corrected chi connectivity index (χ1v) is 10.6. The van der Waals surface area contributed by atoms with Crippen LogP contribution in [0.5, 0.6) is 0 Å². The highest BCUT2D eigenvalue weighted by Gasteiger charge is 2.42. The lowest BCUT2D eigenvalue weighted by molar-refractivity contribution is -0.0516. The molecule has 1 unspecified atom stereocenters. The van der Waals surface area contributed by atoms with E-state index in [0.717, 1.165) is 27.4 Å². The molecule has 4 aromatic rings. The fourth-order valence-corrected chi connectivity index (χ4v) is 5.14. The summed E-state index contributed by atoms with van der Waals surface area (Å²) in [5.41, 5.74) is 11.3. The van der Waals surface area contributed by atoms with Gasteiger partial charge in [0.2, 0.25) is 0 Å². The smallest absolute Gasteiger partial charge is 0.254 e. The average molecular weight is 464 g/mol. The molecule has 8 heteroatoms. The molecule has 0 saturated carbocycles. The zero-order valence-corrected chi connectivity index (χ0v) is 17.5. The highest BCUT2D eigenvalue weighted by molar-refractivity contribution is 9.10. The molecule has 30 heavy (non-hydrogen) atoms. The maximum absolute atomic E-state index is 13.6. The summed E-state index contributed by atoms with van der Waals surface area (Å²) >= 11 is 3.55. The number of imidazole rings is 1. The molecular weight excluding hydrogens is 446 g/mol. The fourth-order valence-electron chi connectivity index (χ4n) is 4.73. The Morgan fingerprint density at radius 3 is 3.00 bits per heavy atom. The van der Waals surface area contributed by atoms with Crippen LogP contribution in [0, 0.1) is 0 Å². The third kappa shape index (κ3) is 2.57. The molecular formula is C22H18BrN5O2. The number of hydrogen-bond donors (Lipinski definition) is 1. The monoisotopic (exact) mass is 463 g/mol. The average Bonchev–Trinajstić information content (AvgIpc) is 3.38. The Morgan fingerprint density at radius 1 is 1.20 bits per heavy atom. The number of benzene rings is 2. The van der Waals surface area contributed by atoms with Gasteiger partial charge in [-0.2, -0.15) is 0 Å². The van der Waals surface area contributed by atoms with E-state index in [0.29, 0.717) is 24.5 Å². The molecule has 3 heterocycles. The minimum atomic E-state index is -0.0668. The van der Waals surface area contributed by atoms with Crippen LogP contribution in [0.4, 0.5) is 5.82 Å². The number of morpholine rings is 1. The van der Waals surface area contributed by atoms with Crippen molar-refractivity contribution >= 4 is 44.2 Å². The number of amides is 1. The van der Waals surface area contributed by atoms with E-state index in [-0.39, 0.29) is 18.1 Å². The van der Waals surface area contributed by atoms with Gasteiger partial charge in [0, 0.05) is 23.0 Å². The summed E-state index contributed by atoms with van der Waals surface area (Å²) in [6.07, 6.45) is 4.19. The minimum absolute atomic E-state index is 0.00365. The Balaban J connectivity index is 1.43. The van der Waals surface area contributed by atoms with Crippen molar-refractivity contribution in [2.45, 2.75) is 18.6 Å². The predicted molar refractivity (Wildman–Crippen MR) is 116 cm³/mol. The SMILES string of the molecule is Nc1nc2ccc(C(=O)N3CCOC4Cc5cc(Br)ccc5[C@@H]43)cc2n2cncc12. The summed E-state index contributed by atoms with van der Waals surface area (Å²) in [7, 11) is 0. The topological polar surface area (TPSA) is 85.8 Å². The molecule has 2 N–H and O–H groups in total. The first-order valence-electron chi connectivity index (χ1n) is 9.82. The van der Waals surface area contributed by atoms with Gasteiger partial charge in [-0.25, -0.2) is 9.97 Å². The van der Waals surface area contributed by atoms with Crippen LogP contribution in [0.25, 0.3) is 16.6 Å². The van der Waals surface area contributed by atoms with Gasteiger partial charge in [0.25, 0.3) is 5.91 Å². The normalized spacial score (nSPS) is 20.5. The van der Waals surface area contributed by atoms with Crippen LogP contribution in [-0.4, -0.2) is 44.4 Å². The number of rotatable bonds is 1.